The zero-order valence-electron chi connectivity index (χ0n) is 10.5. The fraction of sp³-hybridized carbons (Fsp3) is 0.571. The average Bonchev–Trinajstić information content (AvgIpc) is 2.37. The molecule has 1 saturated carbocycles. The summed E-state index contributed by atoms with van der Waals surface area (Å²) in [6, 6.07) is 2.09. The second-order valence-electron chi connectivity index (χ2n) is 5.19. The lowest BCUT2D eigenvalue weighted by Crippen LogP contribution is -2.24. The molecule has 106 valence electrons. The third-order valence-electron chi connectivity index (χ3n) is 3.79. The van der Waals surface area contributed by atoms with Gasteiger partial charge in [-0.05, 0) is 42.5 Å². The minimum atomic E-state index is -4.54. The summed E-state index contributed by atoms with van der Waals surface area (Å²) in [6.07, 6.45) is 0.487. The molecule has 0 spiro atoms. The number of hydrogen-bond donors (Lipinski definition) is 1. The first-order valence-corrected chi connectivity index (χ1v) is 6.51. The monoisotopic (exact) mass is 275 g/mol. The zero-order valence-corrected chi connectivity index (χ0v) is 10.5. The second kappa shape index (κ2) is 5.49. The van der Waals surface area contributed by atoms with E-state index >= 15 is 0 Å². The van der Waals surface area contributed by atoms with E-state index in [4.69, 9.17) is 5.73 Å². The predicted molar refractivity (Wildman–Crippen MR) is 64.9 cm³/mol. The van der Waals surface area contributed by atoms with Gasteiger partial charge in [0.1, 0.15) is 5.82 Å². The summed E-state index contributed by atoms with van der Waals surface area (Å²) in [6.45, 7) is 0. The van der Waals surface area contributed by atoms with E-state index in [1.807, 2.05) is 0 Å². The number of benzene rings is 1. The van der Waals surface area contributed by atoms with E-state index in [2.05, 4.69) is 0 Å². The Bertz CT molecular complexity index is 436. The molecule has 0 amide bonds. The molecule has 0 bridgehead atoms. The normalized spacial score (nSPS) is 19.4. The molecule has 1 aliphatic rings. The Balaban J connectivity index is 2.26. The highest BCUT2D eigenvalue weighted by atomic mass is 19.4. The first kappa shape index (κ1) is 14.3. The van der Waals surface area contributed by atoms with Crippen LogP contribution in [0, 0.1) is 11.7 Å². The molecule has 1 aromatic rings. The van der Waals surface area contributed by atoms with Crippen molar-refractivity contribution in [3.8, 4) is 0 Å². The van der Waals surface area contributed by atoms with Crippen LogP contribution in [-0.2, 0) is 6.18 Å². The Morgan fingerprint density at radius 3 is 2.26 bits per heavy atom. The van der Waals surface area contributed by atoms with Crippen LogP contribution in [0.5, 0.6) is 0 Å². The molecule has 0 saturated heterocycles. The third kappa shape index (κ3) is 3.47. The molecule has 1 nitrogen and oxygen atoms in total. The molecule has 0 radical (unpaired) electrons. The highest BCUT2D eigenvalue weighted by molar-refractivity contribution is 5.29. The van der Waals surface area contributed by atoms with E-state index in [1.54, 1.807) is 0 Å². The van der Waals surface area contributed by atoms with Crippen molar-refractivity contribution in [1.82, 2.24) is 0 Å². The van der Waals surface area contributed by atoms with Crippen molar-refractivity contribution in [3.63, 3.8) is 0 Å². The minimum Gasteiger partial charge on any atom is -0.324 e. The summed E-state index contributed by atoms with van der Waals surface area (Å²) >= 11 is 0. The lowest BCUT2D eigenvalue weighted by molar-refractivity contribution is -0.137. The topological polar surface area (TPSA) is 26.0 Å². The van der Waals surface area contributed by atoms with E-state index in [1.165, 1.54) is 0 Å². The van der Waals surface area contributed by atoms with Crippen molar-refractivity contribution in [3.05, 3.63) is 35.1 Å². The number of halogens is 4. The Morgan fingerprint density at radius 2 is 1.68 bits per heavy atom. The molecular formula is C14H17F4N. The van der Waals surface area contributed by atoms with E-state index in [-0.39, 0.29) is 11.5 Å². The Kier molecular flexibility index (Phi) is 4.13. The summed E-state index contributed by atoms with van der Waals surface area (Å²) in [5.41, 5.74) is 5.30. The molecule has 0 aliphatic heterocycles. The number of rotatable bonds is 2. The summed E-state index contributed by atoms with van der Waals surface area (Å²) in [4.78, 5) is 0. The molecular weight excluding hydrogens is 258 g/mol. The SMILES string of the molecule is N[C@H](c1cc(F)cc(C(F)(F)F)c1)C1CCCCC1. The lowest BCUT2D eigenvalue weighted by Gasteiger charge is -2.28. The standard InChI is InChI=1S/C14H17F4N/c15-12-7-10(6-11(8-12)14(16,17)18)13(19)9-4-2-1-3-5-9/h6-9,13H,1-5,19H2/t13-/m0/s1. The van der Waals surface area contributed by atoms with Crippen LogP contribution in [-0.4, -0.2) is 0 Å². The number of hydrogen-bond acceptors (Lipinski definition) is 1. The van der Waals surface area contributed by atoms with Gasteiger partial charge < -0.3 is 5.73 Å². The minimum absolute atomic E-state index is 0.150. The molecule has 2 N–H and O–H groups in total. The van der Waals surface area contributed by atoms with Crippen LogP contribution < -0.4 is 5.73 Å². The maximum atomic E-state index is 13.3. The molecule has 1 aromatic carbocycles. The van der Waals surface area contributed by atoms with Crippen molar-refractivity contribution in [2.75, 3.05) is 0 Å². The summed E-state index contributed by atoms with van der Waals surface area (Å²) in [5, 5.41) is 0. The average molecular weight is 275 g/mol. The Morgan fingerprint density at radius 1 is 1.05 bits per heavy atom. The van der Waals surface area contributed by atoms with Crippen LogP contribution in [0.4, 0.5) is 17.6 Å². The highest BCUT2D eigenvalue weighted by Crippen LogP contribution is 2.36. The highest BCUT2D eigenvalue weighted by Gasteiger charge is 2.32. The van der Waals surface area contributed by atoms with E-state index < -0.39 is 23.6 Å². The van der Waals surface area contributed by atoms with Gasteiger partial charge in [0, 0.05) is 6.04 Å². The van der Waals surface area contributed by atoms with Crippen LogP contribution in [0.1, 0.15) is 49.3 Å². The van der Waals surface area contributed by atoms with Crippen LogP contribution in [0.15, 0.2) is 18.2 Å². The first-order valence-electron chi connectivity index (χ1n) is 6.51. The first-order chi connectivity index (χ1) is 8.88. The smallest absolute Gasteiger partial charge is 0.324 e. The van der Waals surface area contributed by atoms with E-state index in [9.17, 15) is 17.6 Å². The molecule has 5 heteroatoms. The van der Waals surface area contributed by atoms with Gasteiger partial charge >= 0.3 is 6.18 Å². The molecule has 1 aliphatic carbocycles. The molecule has 0 heterocycles. The van der Waals surface area contributed by atoms with Crippen LogP contribution >= 0.6 is 0 Å². The van der Waals surface area contributed by atoms with Gasteiger partial charge in [-0.15, -0.1) is 0 Å². The van der Waals surface area contributed by atoms with Gasteiger partial charge in [-0.3, -0.25) is 0 Å². The maximum absolute atomic E-state index is 13.3. The molecule has 1 atom stereocenters. The molecule has 1 fully saturated rings. The number of alkyl halides is 3. The number of nitrogens with two attached hydrogens (primary N) is 1. The van der Waals surface area contributed by atoms with Gasteiger partial charge in [0.25, 0.3) is 0 Å². The van der Waals surface area contributed by atoms with Crippen LogP contribution in [0.25, 0.3) is 0 Å². The quantitative estimate of drug-likeness (QED) is 0.794. The fourth-order valence-electron chi connectivity index (χ4n) is 2.73. The van der Waals surface area contributed by atoms with E-state index in [0.717, 1.165) is 44.2 Å². The van der Waals surface area contributed by atoms with Gasteiger partial charge in [0.2, 0.25) is 0 Å². The summed E-state index contributed by atoms with van der Waals surface area (Å²) < 4.78 is 51.3. The van der Waals surface area contributed by atoms with Crippen molar-refractivity contribution in [2.24, 2.45) is 11.7 Å². The molecule has 19 heavy (non-hydrogen) atoms. The largest absolute Gasteiger partial charge is 0.416 e. The van der Waals surface area contributed by atoms with Crippen LogP contribution in [0.3, 0.4) is 0 Å². The second-order valence-corrected chi connectivity index (χ2v) is 5.19. The van der Waals surface area contributed by atoms with Crippen molar-refractivity contribution < 1.29 is 17.6 Å². The molecule has 0 aromatic heterocycles. The van der Waals surface area contributed by atoms with Crippen molar-refractivity contribution in [1.29, 1.82) is 0 Å². The Labute approximate surface area is 109 Å². The molecule has 2 rings (SSSR count). The third-order valence-corrected chi connectivity index (χ3v) is 3.79. The van der Waals surface area contributed by atoms with E-state index in [0.29, 0.717) is 6.07 Å². The van der Waals surface area contributed by atoms with Gasteiger partial charge in [-0.1, -0.05) is 19.3 Å². The Hall–Kier alpha value is -1.10. The maximum Gasteiger partial charge on any atom is 0.416 e. The van der Waals surface area contributed by atoms with Gasteiger partial charge in [0.05, 0.1) is 5.56 Å². The summed E-state index contributed by atoms with van der Waals surface area (Å²) in [7, 11) is 0. The summed E-state index contributed by atoms with van der Waals surface area (Å²) in [5.74, 6) is -0.729. The van der Waals surface area contributed by atoms with Gasteiger partial charge in [-0.25, -0.2) is 4.39 Å². The van der Waals surface area contributed by atoms with Gasteiger partial charge in [-0.2, -0.15) is 13.2 Å². The lowest BCUT2D eigenvalue weighted by atomic mass is 9.81. The van der Waals surface area contributed by atoms with Gasteiger partial charge in [0.15, 0.2) is 0 Å². The molecule has 0 unspecified atom stereocenters. The van der Waals surface area contributed by atoms with Crippen molar-refractivity contribution in [2.45, 2.75) is 44.3 Å². The predicted octanol–water partition coefficient (Wildman–Crippen LogP) is 4.42. The van der Waals surface area contributed by atoms with Crippen molar-refractivity contribution >= 4 is 0 Å². The van der Waals surface area contributed by atoms with Crippen LogP contribution in [0.2, 0.25) is 0 Å². The fourth-order valence-corrected chi connectivity index (χ4v) is 2.73. The zero-order chi connectivity index (χ0) is 14.0.